The van der Waals surface area contributed by atoms with Gasteiger partial charge in [0.25, 0.3) is 5.91 Å². The molecule has 5 N–H and O–H groups in total. The molecule has 9 nitrogen and oxygen atoms in total. The van der Waals surface area contributed by atoms with Gasteiger partial charge in [0.1, 0.15) is 24.7 Å². The number of ether oxygens (including phenoxy) is 3. The predicted octanol–water partition coefficient (Wildman–Crippen LogP) is 4.06. The number of aromatic nitrogens is 1. The summed E-state index contributed by atoms with van der Waals surface area (Å²) in [5.74, 6) is -1.49. The zero-order chi connectivity index (χ0) is 31.0. The minimum atomic E-state index is -5.33. The number of aliphatic hydroxyl groups excluding tert-OH is 1. The molecule has 1 amide bonds. The molecule has 3 unspecified atom stereocenters. The molecule has 42 heavy (non-hydrogen) atoms. The monoisotopic (exact) mass is 613 g/mol. The summed E-state index contributed by atoms with van der Waals surface area (Å²) in [7, 11) is 1.30. The van der Waals surface area contributed by atoms with Gasteiger partial charge in [0, 0.05) is 16.7 Å². The molecule has 0 aliphatic carbocycles. The van der Waals surface area contributed by atoms with Crippen molar-refractivity contribution < 1.29 is 46.8 Å². The quantitative estimate of drug-likeness (QED) is 0.265. The molecular formula is C28H28ClF4N3O6. The molecule has 1 aliphatic heterocycles. The third kappa shape index (κ3) is 6.09. The number of pyridine rings is 1. The van der Waals surface area contributed by atoms with Crippen LogP contribution in [0.3, 0.4) is 0 Å². The molecule has 0 saturated heterocycles. The van der Waals surface area contributed by atoms with Gasteiger partial charge in [-0.1, -0.05) is 17.7 Å². The number of amides is 1. The van der Waals surface area contributed by atoms with E-state index in [0.717, 1.165) is 12.1 Å². The summed E-state index contributed by atoms with van der Waals surface area (Å²) in [5, 5.41) is 22.4. The highest BCUT2D eigenvalue weighted by atomic mass is 35.5. The molecule has 14 heteroatoms. The van der Waals surface area contributed by atoms with E-state index in [1.807, 2.05) is 0 Å². The standard InChI is InChI=1S/C28H28ClF4N3O6/c1-14(37)11-41-20-7-5-16(9-21(20)40-3)25(38)35-12-27(39,28(31,32)33)22-10-17-24(42-13-26(17,2)34)23(36-22)15-4-6-18(29)19(30)8-15/h4-10,14,37,39H,11-13,34H2,1-3H3,(H,35,38). The van der Waals surface area contributed by atoms with Crippen LogP contribution in [-0.2, 0) is 11.1 Å². The second-order valence-electron chi connectivity index (χ2n) is 10.1. The second-order valence-corrected chi connectivity index (χ2v) is 10.5. The number of aliphatic hydroxyl groups is 2. The van der Waals surface area contributed by atoms with E-state index in [1.54, 1.807) is 0 Å². The lowest BCUT2D eigenvalue weighted by Gasteiger charge is -2.31. The van der Waals surface area contributed by atoms with Gasteiger partial charge in [-0.2, -0.15) is 13.2 Å². The van der Waals surface area contributed by atoms with Crippen LogP contribution < -0.4 is 25.3 Å². The minimum Gasteiger partial charge on any atom is -0.493 e. The molecular weight excluding hydrogens is 586 g/mol. The number of hydrogen-bond acceptors (Lipinski definition) is 8. The summed E-state index contributed by atoms with van der Waals surface area (Å²) in [5.41, 5.74) is 0.266. The van der Waals surface area contributed by atoms with Crippen LogP contribution >= 0.6 is 11.6 Å². The molecule has 0 spiro atoms. The highest BCUT2D eigenvalue weighted by molar-refractivity contribution is 6.30. The largest absolute Gasteiger partial charge is 0.493 e. The number of benzene rings is 2. The Morgan fingerprint density at radius 2 is 1.95 bits per heavy atom. The van der Waals surface area contributed by atoms with Crippen molar-refractivity contribution in [1.82, 2.24) is 10.3 Å². The van der Waals surface area contributed by atoms with Crippen molar-refractivity contribution in [1.29, 1.82) is 0 Å². The number of alkyl halides is 3. The van der Waals surface area contributed by atoms with Gasteiger partial charge in [0.05, 0.1) is 36.0 Å². The van der Waals surface area contributed by atoms with E-state index in [1.165, 1.54) is 51.3 Å². The molecule has 0 saturated carbocycles. The van der Waals surface area contributed by atoms with E-state index < -0.39 is 47.4 Å². The van der Waals surface area contributed by atoms with Gasteiger partial charge in [-0.3, -0.25) is 4.79 Å². The first-order valence-electron chi connectivity index (χ1n) is 12.6. The fourth-order valence-electron chi connectivity index (χ4n) is 4.24. The van der Waals surface area contributed by atoms with Gasteiger partial charge >= 0.3 is 6.18 Å². The Balaban J connectivity index is 1.72. The van der Waals surface area contributed by atoms with Gasteiger partial charge < -0.3 is 35.5 Å². The van der Waals surface area contributed by atoms with E-state index in [9.17, 15) is 32.6 Å². The van der Waals surface area contributed by atoms with Gasteiger partial charge in [0.15, 0.2) is 17.2 Å². The van der Waals surface area contributed by atoms with E-state index in [4.69, 9.17) is 31.5 Å². The number of fused-ring (bicyclic) bond motifs is 1. The van der Waals surface area contributed by atoms with Crippen molar-refractivity contribution in [2.45, 2.75) is 37.3 Å². The van der Waals surface area contributed by atoms with Crippen molar-refractivity contribution in [3.63, 3.8) is 0 Å². The maximum absolute atomic E-state index is 14.5. The third-order valence-corrected chi connectivity index (χ3v) is 6.91. The van der Waals surface area contributed by atoms with Crippen molar-refractivity contribution >= 4 is 17.5 Å². The van der Waals surface area contributed by atoms with Gasteiger partial charge in [0.2, 0.25) is 5.60 Å². The highest BCUT2D eigenvalue weighted by Crippen LogP contribution is 2.46. The number of methoxy groups -OCH3 is 1. The zero-order valence-electron chi connectivity index (χ0n) is 22.7. The molecule has 1 aromatic heterocycles. The maximum Gasteiger partial charge on any atom is 0.424 e. The number of rotatable bonds is 9. The Morgan fingerprint density at radius 1 is 1.24 bits per heavy atom. The van der Waals surface area contributed by atoms with Crippen molar-refractivity contribution in [2.75, 3.05) is 26.9 Å². The number of carbonyl (C=O) groups excluding carboxylic acids is 1. The normalized spacial score (nSPS) is 18.5. The number of nitrogens with one attached hydrogen (secondary N) is 1. The highest BCUT2D eigenvalue weighted by Gasteiger charge is 2.57. The Bertz CT molecular complexity index is 1500. The average Bonchev–Trinajstić information content (AvgIpc) is 3.24. The SMILES string of the molecule is COc1cc(C(=O)NCC(O)(c2cc3c(c(-c4ccc(Cl)c(F)c4)n2)OCC3(C)N)C(F)(F)F)ccc1OCC(C)O. The van der Waals surface area contributed by atoms with Crippen LogP contribution in [0.4, 0.5) is 17.6 Å². The molecule has 2 aromatic carbocycles. The summed E-state index contributed by atoms with van der Waals surface area (Å²) in [6.07, 6.45) is -6.11. The van der Waals surface area contributed by atoms with E-state index in [-0.39, 0.29) is 57.9 Å². The van der Waals surface area contributed by atoms with Gasteiger partial charge in [-0.05, 0) is 50.2 Å². The molecule has 0 radical (unpaired) electrons. The molecule has 226 valence electrons. The summed E-state index contributed by atoms with van der Waals surface area (Å²) < 4.78 is 74.1. The lowest BCUT2D eigenvalue weighted by Crippen LogP contribution is -2.51. The van der Waals surface area contributed by atoms with Crippen molar-refractivity contribution in [3.8, 4) is 28.5 Å². The van der Waals surface area contributed by atoms with E-state index >= 15 is 0 Å². The summed E-state index contributed by atoms with van der Waals surface area (Å²) in [6, 6.07) is 8.35. The molecule has 3 aromatic rings. The van der Waals surface area contributed by atoms with Gasteiger partial charge in [-0.15, -0.1) is 0 Å². The van der Waals surface area contributed by atoms with Crippen LogP contribution in [-0.4, -0.2) is 60.3 Å². The zero-order valence-corrected chi connectivity index (χ0v) is 23.4. The fraction of sp³-hybridized carbons (Fsp3) is 0.357. The van der Waals surface area contributed by atoms with Crippen molar-refractivity contribution in [2.24, 2.45) is 5.73 Å². The summed E-state index contributed by atoms with van der Waals surface area (Å²) in [6.45, 7) is 1.51. The van der Waals surface area contributed by atoms with Crippen LogP contribution in [0.1, 0.15) is 35.5 Å². The number of carbonyl (C=O) groups is 1. The predicted molar refractivity (Wildman–Crippen MR) is 144 cm³/mol. The summed E-state index contributed by atoms with van der Waals surface area (Å²) in [4.78, 5) is 16.9. The first kappa shape index (κ1) is 31.3. The van der Waals surface area contributed by atoms with Crippen LogP contribution in [0.2, 0.25) is 5.02 Å². The Morgan fingerprint density at radius 3 is 2.57 bits per heavy atom. The Hall–Kier alpha value is -3.65. The van der Waals surface area contributed by atoms with Crippen LogP contribution in [0.25, 0.3) is 11.3 Å². The molecule has 2 heterocycles. The minimum absolute atomic E-state index is 0.0315. The van der Waals surface area contributed by atoms with E-state index in [2.05, 4.69) is 10.3 Å². The van der Waals surface area contributed by atoms with E-state index in [0.29, 0.717) is 0 Å². The fourth-order valence-corrected chi connectivity index (χ4v) is 4.36. The first-order valence-corrected chi connectivity index (χ1v) is 12.9. The lowest BCUT2D eigenvalue weighted by molar-refractivity contribution is -0.265. The van der Waals surface area contributed by atoms with Crippen LogP contribution in [0.15, 0.2) is 42.5 Å². The third-order valence-electron chi connectivity index (χ3n) is 6.60. The number of hydrogen-bond donors (Lipinski definition) is 4. The molecule has 4 rings (SSSR count). The molecule has 3 atom stereocenters. The second kappa shape index (κ2) is 11.6. The van der Waals surface area contributed by atoms with Crippen LogP contribution in [0, 0.1) is 5.82 Å². The summed E-state index contributed by atoms with van der Waals surface area (Å²) >= 11 is 5.77. The number of nitrogens with zero attached hydrogens (tertiary/aromatic N) is 1. The Labute approximate surface area is 243 Å². The topological polar surface area (TPSA) is 136 Å². The Kier molecular flexibility index (Phi) is 8.61. The maximum atomic E-state index is 14.5. The lowest BCUT2D eigenvalue weighted by atomic mass is 9.89. The smallest absolute Gasteiger partial charge is 0.424 e. The van der Waals surface area contributed by atoms with Crippen LogP contribution in [0.5, 0.6) is 17.2 Å². The molecule has 0 bridgehead atoms. The number of nitrogens with two attached hydrogens (primary N) is 1. The number of halogens is 5. The first-order chi connectivity index (χ1) is 19.6. The molecule has 0 fully saturated rings. The molecule has 1 aliphatic rings. The van der Waals surface area contributed by atoms with Gasteiger partial charge in [-0.25, -0.2) is 9.37 Å². The van der Waals surface area contributed by atoms with Crippen molar-refractivity contribution in [3.05, 3.63) is 70.1 Å². The average molecular weight is 614 g/mol.